The van der Waals surface area contributed by atoms with Crippen molar-refractivity contribution in [2.75, 3.05) is 19.0 Å². The van der Waals surface area contributed by atoms with Gasteiger partial charge in [-0.15, -0.1) is 0 Å². The van der Waals surface area contributed by atoms with E-state index < -0.39 is 11.9 Å². The van der Waals surface area contributed by atoms with Gasteiger partial charge in [-0.25, -0.2) is 4.79 Å². The number of methoxy groups -OCH3 is 1. The molecule has 2 aromatic rings. The smallest absolute Gasteiger partial charge is 0.321 e. The molecule has 0 radical (unpaired) electrons. The molecule has 0 bridgehead atoms. The summed E-state index contributed by atoms with van der Waals surface area (Å²) in [6.45, 7) is 0.217. The van der Waals surface area contributed by atoms with Crippen molar-refractivity contribution in [2.45, 2.75) is 6.54 Å². The molecular formula is C17H17Cl2N3O3. The third-order valence-electron chi connectivity index (χ3n) is 3.20. The average Bonchev–Trinajstić information content (AvgIpc) is 2.59. The molecule has 0 spiro atoms. The van der Waals surface area contributed by atoms with Crippen LogP contribution < -0.4 is 20.7 Å². The number of amides is 3. The number of imide groups is 1. The zero-order chi connectivity index (χ0) is 18.2. The molecule has 0 aliphatic carbocycles. The third-order valence-corrected chi connectivity index (χ3v) is 3.77. The standard InChI is InChI=1S/C17H17Cl2N3O3/c1-25-16-13(18)7-12(8-14(16)19)20-10-15(23)22-17(24)21-9-11-5-3-2-4-6-11/h2-8,20H,9-10H2,1H3,(H2,21,22,23,24). The second-order valence-corrected chi connectivity index (χ2v) is 5.86. The van der Waals surface area contributed by atoms with Crippen LogP contribution >= 0.6 is 23.2 Å². The maximum Gasteiger partial charge on any atom is 0.321 e. The van der Waals surface area contributed by atoms with Crippen LogP contribution in [0.3, 0.4) is 0 Å². The summed E-state index contributed by atoms with van der Waals surface area (Å²) >= 11 is 12.0. The molecule has 0 fully saturated rings. The van der Waals surface area contributed by atoms with E-state index in [1.165, 1.54) is 7.11 Å². The molecule has 0 saturated heterocycles. The molecule has 0 aliphatic heterocycles. The molecule has 3 amide bonds. The van der Waals surface area contributed by atoms with Crippen molar-refractivity contribution < 1.29 is 14.3 Å². The molecule has 0 aromatic heterocycles. The van der Waals surface area contributed by atoms with Crippen LogP contribution in [0.15, 0.2) is 42.5 Å². The Morgan fingerprint density at radius 1 is 1.08 bits per heavy atom. The number of nitrogens with one attached hydrogen (secondary N) is 3. The number of benzene rings is 2. The fourth-order valence-electron chi connectivity index (χ4n) is 2.03. The number of carbonyl (C=O) groups is 2. The highest BCUT2D eigenvalue weighted by Gasteiger charge is 2.11. The topological polar surface area (TPSA) is 79.5 Å². The minimum absolute atomic E-state index is 0.113. The maximum absolute atomic E-state index is 11.8. The van der Waals surface area contributed by atoms with Crippen molar-refractivity contribution in [3.8, 4) is 5.75 Å². The Bertz CT molecular complexity index is 731. The minimum Gasteiger partial charge on any atom is -0.494 e. The summed E-state index contributed by atoms with van der Waals surface area (Å²) in [5, 5.41) is 8.31. The van der Waals surface area contributed by atoms with Crippen LogP contribution in [0.4, 0.5) is 10.5 Å². The molecule has 6 nitrogen and oxygen atoms in total. The van der Waals surface area contributed by atoms with Crippen molar-refractivity contribution in [3.63, 3.8) is 0 Å². The Labute approximate surface area is 155 Å². The van der Waals surface area contributed by atoms with E-state index in [9.17, 15) is 9.59 Å². The van der Waals surface area contributed by atoms with Gasteiger partial charge in [0, 0.05) is 12.2 Å². The Morgan fingerprint density at radius 3 is 2.32 bits per heavy atom. The summed E-state index contributed by atoms with van der Waals surface area (Å²) in [5.41, 5.74) is 1.47. The zero-order valence-corrected chi connectivity index (χ0v) is 14.9. The van der Waals surface area contributed by atoms with E-state index in [1.54, 1.807) is 12.1 Å². The maximum atomic E-state index is 11.8. The fraction of sp³-hybridized carbons (Fsp3) is 0.176. The van der Waals surface area contributed by atoms with Gasteiger partial charge in [-0.2, -0.15) is 0 Å². The molecular weight excluding hydrogens is 365 g/mol. The Hall–Kier alpha value is -2.44. The number of hydrogen-bond donors (Lipinski definition) is 3. The predicted molar refractivity (Wildman–Crippen MR) is 98.3 cm³/mol. The minimum atomic E-state index is -0.568. The van der Waals surface area contributed by atoms with E-state index >= 15 is 0 Å². The molecule has 0 aliphatic rings. The van der Waals surface area contributed by atoms with Crippen LogP contribution in [0, 0.1) is 0 Å². The number of urea groups is 1. The lowest BCUT2D eigenvalue weighted by molar-refractivity contribution is -0.118. The van der Waals surface area contributed by atoms with Gasteiger partial charge in [-0.3, -0.25) is 10.1 Å². The quantitative estimate of drug-likeness (QED) is 0.715. The summed E-state index contributed by atoms with van der Waals surface area (Å²) in [6.07, 6.45) is 0. The number of ether oxygens (including phenoxy) is 1. The molecule has 25 heavy (non-hydrogen) atoms. The van der Waals surface area contributed by atoms with Gasteiger partial charge in [0.2, 0.25) is 5.91 Å². The molecule has 3 N–H and O–H groups in total. The van der Waals surface area contributed by atoms with Gasteiger partial charge in [0.05, 0.1) is 23.7 Å². The summed E-state index contributed by atoms with van der Waals surface area (Å²) in [4.78, 5) is 23.5. The fourth-order valence-corrected chi connectivity index (χ4v) is 2.67. The van der Waals surface area contributed by atoms with Crippen molar-refractivity contribution in [1.82, 2.24) is 10.6 Å². The summed E-state index contributed by atoms with van der Waals surface area (Å²) in [7, 11) is 1.46. The van der Waals surface area contributed by atoms with Crippen LogP contribution in [-0.4, -0.2) is 25.6 Å². The summed E-state index contributed by atoms with van der Waals surface area (Å²) in [6, 6.07) is 12.0. The highest BCUT2D eigenvalue weighted by Crippen LogP contribution is 2.35. The Morgan fingerprint density at radius 2 is 1.72 bits per heavy atom. The lowest BCUT2D eigenvalue weighted by Crippen LogP contribution is -2.41. The van der Waals surface area contributed by atoms with Crippen LogP contribution in [-0.2, 0) is 11.3 Å². The van der Waals surface area contributed by atoms with Crippen LogP contribution in [0.2, 0.25) is 10.0 Å². The van der Waals surface area contributed by atoms with Gasteiger partial charge in [-0.1, -0.05) is 53.5 Å². The highest BCUT2D eigenvalue weighted by atomic mass is 35.5. The average molecular weight is 382 g/mol. The van der Waals surface area contributed by atoms with E-state index in [4.69, 9.17) is 27.9 Å². The molecule has 0 heterocycles. The van der Waals surface area contributed by atoms with E-state index in [-0.39, 0.29) is 6.54 Å². The highest BCUT2D eigenvalue weighted by molar-refractivity contribution is 6.37. The van der Waals surface area contributed by atoms with Crippen molar-refractivity contribution >= 4 is 40.8 Å². The molecule has 0 saturated carbocycles. The molecule has 2 rings (SSSR count). The molecule has 0 unspecified atom stereocenters. The van der Waals surface area contributed by atoms with Gasteiger partial charge in [0.15, 0.2) is 5.75 Å². The first kappa shape index (κ1) is 18.9. The first-order chi connectivity index (χ1) is 12.0. The zero-order valence-electron chi connectivity index (χ0n) is 13.4. The van der Waals surface area contributed by atoms with Crippen molar-refractivity contribution in [1.29, 1.82) is 0 Å². The van der Waals surface area contributed by atoms with E-state index in [0.717, 1.165) is 5.56 Å². The normalized spacial score (nSPS) is 10.0. The van der Waals surface area contributed by atoms with Gasteiger partial charge >= 0.3 is 6.03 Å². The molecule has 0 atom stereocenters. The number of rotatable bonds is 6. The number of anilines is 1. The Kier molecular flexibility index (Phi) is 6.91. The van der Waals surface area contributed by atoms with Crippen molar-refractivity contribution in [2.24, 2.45) is 0 Å². The monoisotopic (exact) mass is 381 g/mol. The SMILES string of the molecule is COc1c(Cl)cc(NCC(=O)NC(=O)NCc2ccccc2)cc1Cl. The van der Waals surface area contributed by atoms with Gasteiger partial charge in [0.1, 0.15) is 0 Å². The van der Waals surface area contributed by atoms with Crippen LogP contribution in [0.5, 0.6) is 5.75 Å². The first-order valence-corrected chi connectivity index (χ1v) is 8.13. The molecule has 132 valence electrons. The number of hydrogen-bond acceptors (Lipinski definition) is 4. The van der Waals surface area contributed by atoms with Crippen LogP contribution in [0.25, 0.3) is 0 Å². The summed E-state index contributed by atoms with van der Waals surface area (Å²) in [5.74, 6) is -0.132. The Balaban J connectivity index is 1.79. The number of carbonyl (C=O) groups excluding carboxylic acids is 2. The predicted octanol–water partition coefficient (Wildman–Crippen LogP) is 3.44. The van der Waals surface area contributed by atoms with Gasteiger partial charge in [0.25, 0.3) is 0 Å². The third kappa shape index (κ3) is 5.85. The lowest BCUT2D eigenvalue weighted by Gasteiger charge is -2.11. The van der Waals surface area contributed by atoms with E-state index in [0.29, 0.717) is 28.0 Å². The molecule has 8 heteroatoms. The van der Waals surface area contributed by atoms with Gasteiger partial charge in [-0.05, 0) is 17.7 Å². The number of halogens is 2. The van der Waals surface area contributed by atoms with Crippen molar-refractivity contribution in [3.05, 3.63) is 58.1 Å². The van der Waals surface area contributed by atoms with Crippen LogP contribution in [0.1, 0.15) is 5.56 Å². The lowest BCUT2D eigenvalue weighted by atomic mass is 10.2. The van der Waals surface area contributed by atoms with E-state index in [1.807, 2.05) is 30.3 Å². The largest absolute Gasteiger partial charge is 0.494 e. The van der Waals surface area contributed by atoms with E-state index in [2.05, 4.69) is 16.0 Å². The van der Waals surface area contributed by atoms with Gasteiger partial charge < -0.3 is 15.4 Å². The summed E-state index contributed by atoms with van der Waals surface area (Å²) < 4.78 is 5.05. The first-order valence-electron chi connectivity index (χ1n) is 7.38. The second kappa shape index (κ2) is 9.15. The second-order valence-electron chi connectivity index (χ2n) is 5.04. The molecule has 2 aromatic carbocycles.